The molecule has 0 aliphatic heterocycles. The van der Waals surface area contributed by atoms with Crippen molar-refractivity contribution in [2.45, 2.75) is 45.4 Å². The summed E-state index contributed by atoms with van der Waals surface area (Å²) in [5, 5.41) is 15.0. The maximum atomic E-state index is 11.0. The molecular weight excluding hydrogens is 342 g/mol. The van der Waals surface area contributed by atoms with E-state index in [-0.39, 0.29) is 6.61 Å². The van der Waals surface area contributed by atoms with Gasteiger partial charge in [-0.25, -0.2) is 13.9 Å². The van der Waals surface area contributed by atoms with Gasteiger partial charge in [0, 0.05) is 0 Å². The summed E-state index contributed by atoms with van der Waals surface area (Å²) >= 11 is 0. The Bertz CT molecular complexity index is 380. The Balaban J connectivity index is 0. The van der Waals surface area contributed by atoms with Crippen molar-refractivity contribution in [2.75, 3.05) is 13.2 Å². The highest BCUT2D eigenvalue weighted by Crippen LogP contribution is 2.57. The minimum atomic E-state index is -5.00. The van der Waals surface area contributed by atoms with Crippen molar-refractivity contribution >= 4 is 21.6 Å². The zero-order valence-electron chi connectivity index (χ0n) is 12.3. The van der Waals surface area contributed by atoms with Gasteiger partial charge in [-0.2, -0.15) is 4.31 Å². The molecule has 0 aromatic carbocycles. The first-order valence-electron chi connectivity index (χ1n) is 6.61. The largest absolute Gasteiger partial charge is 0.481 e. The van der Waals surface area contributed by atoms with Gasteiger partial charge in [0.25, 0.3) is 0 Å². The molecule has 0 bridgehead atoms. The molecule has 1 unspecified atom stereocenters. The van der Waals surface area contributed by atoms with Crippen molar-refractivity contribution in [3.63, 3.8) is 0 Å². The van der Waals surface area contributed by atoms with E-state index in [1.807, 2.05) is 0 Å². The summed E-state index contributed by atoms with van der Waals surface area (Å²) in [6, 6.07) is 0. The molecule has 0 heterocycles. The standard InChI is InChI=1S/C8H20O7P2.C2H4O3/c1-2-3-4-5-6-7-8-14-17(12,13)15-16(9,10)11;3-1-2(4)5/h2-8H2,1H3,(H,12,13)(H2,9,10,11);3H,1H2,(H,4,5). The molecule has 134 valence electrons. The minimum absolute atomic E-state index is 0.0557. The summed E-state index contributed by atoms with van der Waals surface area (Å²) in [5.74, 6) is -1.19. The number of phosphoric acid groups is 2. The summed E-state index contributed by atoms with van der Waals surface area (Å²) in [6.45, 7) is 1.27. The van der Waals surface area contributed by atoms with E-state index < -0.39 is 28.2 Å². The predicted molar refractivity (Wildman–Crippen MR) is 77.0 cm³/mol. The van der Waals surface area contributed by atoms with Crippen LogP contribution in [0.3, 0.4) is 0 Å². The number of aliphatic hydroxyl groups is 1. The topological polar surface area (TPSA) is 171 Å². The SMILES string of the molecule is CCCCCCCCOP(=O)(O)OP(=O)(O)O.O=C(O)CO. The smallest absolute Gasteiger partial charge is 0.480 e. The maximum absolute atomic E-state index is 11.0. The van der Waals surface area contributed by atoms with Crippen molar-refractivity contribution in [1.82, 2.24) is 0 Å². The lowest BCUT2D eigenvalue weighted by Crippen LogP contribution is -1.98. The van der Waals surface area contributed by atoms with Gasteiger partial charge in [-0.15, -0.1) is 0 Å². The third-order valence-electron chi connectivity index (χ3n) is 2.10. The lowest BCUT2D eigenvalue weighted by molar-refractivity contribution is -0.140. The Morgan fingerprint density at radius 3 is 1.86 bits per heavy atom. The number of carboxylic acids is 1. The van der Waals surface area contributed by atoms with Crippen LogP contribution in [0.5, 0.6) is 0 Å². The molecule has 0 rings (SSSR count). The molecule has 0 aliphatic rings. The molecule has 0 radical (unpaired) electrons. The second-order valence-corrected chi connectivity index (χ2v) is 7.02. The van der Waals surface area contributed by atoms with E-state index in [0.29, 0.717) is 6.42 Å². The Kier molecular flexibility index (Phi) is 14.3. The molecule has 0 saturated heterocycles. The monoisotopic (exact) mass is 366 g/mol. The second kappa shape index (κ2) is 13.2. The number of aliphatic carboxylic acids is 1. The van der Waals surface area contributed by atoms with Crippen LogP contribution in [-0.2, 0) is 22.8 Å². The van der Waals surface area contributed by atoms with Crippen molar-refractivity contribution in [1.29, 1.82) is 0 Å². The van der Waals surface area contributed by atoms with Crippen molar-refractivity contribution in [2.24, 2.45) is 0 Å². The Hall–Kier alpha value is -0.310. The summed E-state index contributed by atoms with van der Waals surface area (Å²) in [5.41, 5.74) is 0. The number of hydrogen-bond acceptors (Lipinski definition) is 6. The zero-order chi connectivity index (χ0) is 17.6. The Morgan fingerprint density at radius 1 is 1.00 bits per heavy atom. The van der Waals surface area contributed by atoms with E-state index in [4.69, 9.17) is 29.7 Å². The lowest BCUT2D eigenvalue weighted by atomic mass is 10.1. The summed E-state index contributed by atoms with van der Waals surface area (Å²) in [4.78, 5) is 34.7. The van der Waals surface area contributed by atoms with Gasteiger partial charge in [-0.05, 0) is 6.42 Å². The van der Waals surface area contributed by atoms with Gasteiger partial charge in [-0.3, -0.25) is 4.52 Å². The van der Waals surface area contributed by atoms with Gasteiger partial charge in [0.15, 0.2) is 0 Å². The van der Waals surface area contributed by atoms with Crippen LogP contribution in [0.2, 0.25) is 0 Å². The average Bonchev–Trinajstić information content (AvgIpc) is 2.35. The van der Waals surface area contributed by atoms with Crippen LogP contribution < -0.4 is 0 Å². The number of carboxylic acid groups (broad SMARTS) is 1. The number of hydrogen-bond donors (Lipinski definition) is 5. The lowest BCUT2D eigenvalue weighted by Gasteiger charge is -2.12. The van der Waals surface area contributed by atoms with Gasteiger partial charge in [-0.1, -0.05) is 39.0 Å². The fraction of sp³-hybridized carbons (Fsp3) is 0.900. The molecule has 22 heavy (non-hydrogen) atoms. The minimum Gasteiger partial charge on any atom is -0.480 e. The van der Waals surface area contributed by atoms with Crippen LogP contribution in [0.15, 0.2) is 0 Å². The predicted octanol–water partition coefficient (Wildman–Crippen LogP) is 1.64. The first-order chi connectivity index (χ1) is 10.0. The molecule has 0 aromatic rings. The van der Waals surface area contributed by atoms with Gasteiger partial charge >= 0.3 is 21.6 Å². The summed E-state index contributed by atoms with van der Waals surface area (Å²) in [6.07, 6.45) is 5.80. The van der Waals surface area contributed by atoms with E-state index in [2.05, 4.69) is 15.8 Å². The van der Waals surface area contributed by atoms with Crippen molar-refractivity contribution in [3.8, 4) is 0 Å². The molecule has 10 nitrogen and oxygen atoms in total. The van der Waals surface area contributed by atoms with Crippen LogP contribution in [-0.4, -0.2) is 44.1 Å². The molecule has 0 spiro atoms. The highest BCUT2D eigenvalue weighted by molar-refractivity contribution is 7.60. The molecular formula is C10H24O10P2. The quantitative estimate of drug-likeness (QED) is 0.267. The van der Waals surface area contributed by atoms with Gasteiger partial charge in [0.1, 0.15) is 6.61 Å². The number of aliphatic hydroxyl groups excluding tert-OH is 1. The normalized spacial score (nSPS) is 13.9. The third kappa shape index (κ3) is 22.0. The molecule has 1 atom stereocenters. The van der Waals surface area contributed by atoms with Crippen molar-refractivity contribution < 1.29 is 47.7 Å². The van der Waals surface area contributed by atoms with Gasteiger partial charge in [0.2, 0.25) is 0 Å². The van der Waals surface area contributed by atoms with Crippen LogP contribution in [0.1, 0.15) is 45.4 Å². The number of rotatable bonds is 11. The molecule has 0 aliphatic carbocycles. The fourth-order valence-corrected chi connectivity index (χ4v) is 2.84. The van der Waals surface area contributed by atoms with E-state index in [1.165, 1.54) is 0 Å². The first kappa shape index (κ1) is 23.9. The summed E-state index contributed by atoms with van der Waals surface area (Å²) in [7, 11) is -9.63. The van der Waals surface area contributed by atoms with Crippen molar-refractivity contribution in [3.05, 3.63) is 0 Å². The third-order valence-corrected chi connectivity index (χ3v) is 4.28. The van der Waals surface area contributed by atoms with Crippen LogP contribution in [0.25, 0.3) is 0 Å². The Labute approximate surface area is 128 Å². The highest BCUT2D eigenvalue weighted by Gasteiger charge is 2.31. The Morgan fingerprint density at radius 2 is 1.45 bits per heavy atom. The van der Waals surface area contributed by atoms with E-state index >= 15 is 0 Å². The van der Waals surface area contributed by atoms with E-state index in [1.54, 1.807) is 0 Å². The molecule has 5 N–H and O–H groups in total. The van der Waals surface area contributed by atoms with Gasteiger partial charge < -0.3 is 24.9 Å². The first-order valence-corrected chi connectivity index (χ1v) is 9.63. The number of phosphoric ester groups is 1. The molecule has 0 saturated carbocycles. The molecule has 12 heteroatoms. The van der Waals surface area contributed by atoms with Crippen LogP contribution in [0, 0.1) is 0 Å². The fourth-order valence-electron chi connectivity index (χ4n) is 1.22. The number of carbonyl (C=O) groups is 1. The number of unbranched alkanes of at least 4 members (excludes halogenated alkanes) is 5. The summed E-state index contributed by atoms with van der Waals surface area (Å²) < 4.78 is 29.3. The van der Waals surface area contributed by atoms with Crippen LogP contribution >= 0.6 is 15.6 Å². The second-order valence-electron chi connectivity index (χ2n) is 4.19. The van der Waals surface area contributed by atoms with Gasteiger partial charge in [0.05, 0.1) is 6.61 Å². The zero-order valence-corrected chi connectivity index (χ0v) is 14.1. The molecule has 0 amide bonds. The van der Waals surface area contributed by atoms with Crippen LogP contribution in [0.4, 0.5) is 0 Å². The van der Waals surface area contributed by atoms with E-state index in [0.717, 1.165) is 32.1 Å². The average molecular weight is 366 g/mol. The molecule has 0 aromatic heterocycles. The highest BCUT2D eigenvalue weighted by atomic mass is 31.3. The molecule has 0 fully saturated rings. The van der Waals surface area contributed by atoms with E-state index in [9.17, 15) is 9.13 Å². The maximum Gasteiger partial charge on any atom is 0.481 e.